The zero-order valence-electron chi connectivity index (χ0n) is 9.64. The zero-order chi connectivity index (χ0) is 11.5. The first-order valence-corrected chi connectivity index (χ1v) is 5.74. The molecule has 16 heavy (non-hydrogen) atoms. The van der Waals surface area contributed by atoms with Crippen LogP contribution in [0, 0.1) is 5.92 Å². The van der Waals surface area contributed by atoms with E-state index < -0.39 is 0 Å². The number of ether oxygens (including phenoxy) is 1. The van der Waals surface area contributed by atoms with Crippen molar-refractivity contribution in [2.24, 2.45) is 5.92 Å². The summed E-state index contributed by atoms with van der Waals surface area (Å²) in [6.07, 6.45) is 0.682. The minimum Gasteiger partial charge on any atom is -0.441 e. The van der Waals surface area contributed by atoms with Crippen molar-refractivity contribution >= 4 is 5.97 Å². The normalized spacial score (nSPS) is 26.5. The Morgan fingerprint density at radius 1 is 1.38 bits per heavy atom. The van der Waals surface area contributed by atoms with E-state index in [2.05, 4.69) is 19.2 Å². The molecule has 0 saturated carbocycles. The maximum Gasteiger partial charge on any atom is 0.325 e. The van der Waals surface area contributed by atoms with E-state index in [4.69, 9.17) is 4.74 Å². The molecule has 1 unspecified atom stereocenters. The SMILES string of the molecule is CCC(C)[C@H]1N[C@@H](c2ccccc2)OC1=O. The van der Waals surface area contributed by atoms with Crippen LogP contribution in [-0.4, -0.2) is 12.0 Å². The van der Waals surface area contributed by atoms with Crippen LogP contribution in [-0.2, 0) is 9.53 Å². The summed E-state index contributed by atoms with van der Waals surface area (Å²) in [7, 11) is 0. The van der Waals surface area contributed by atoms with Crippen LogP contribution in [0.4, 0.5) is 0 Å². The molecule has 0 bridgehead atoms. The summed E-state index contributed by atoms with van der Waals surface area (Å²) in [6.45, 7) is 4.14. The van der Waals surface area contributed by atoms with Gasteiger partial charge in [0.1, 0.15) is 6.04 Å². The van der Waals surface area contributed by atoms with Crippen molar-refractivity contribution in [1.82, 2.24) is 5.32 Å². The first kappa shape index (κ1) is 11.1. The number of hydrogen-bond donors (Lipinski definition) is 1. The Bertz CT molecular complexity index is 363. The fourth-order valence-electron chi connectivity index (χ4n) is 1.88. The molecule has 0 aliphatic carbocycles. The summed E-state index contributed by atoms with van der Waals surface area (Å²) in [5.74, 6) is 0.171. The Kier molecular flexibility index (Phi) is 3.25. The molecule has 1 aliphatic heterocycles. The minimum absolute atomic E-state index is 0.136. The molecule has 3 nitrogen and oxygen atoms in total. The van der Waals surface area contributed by atoms with Crippen molar-refractivity contribution in [2.45, 2.75) is 32.5 Å². The highest BCUT2D eigenvalue weighted by Gasteiger charge is 2.36. The van der Waals surface area contributed by atoms with E-state index in [1.807, 2.05) is 30.3 Å². The van der Waals surface area contributed by atoms with Gasteiger partial charge in [-0.3, -0.25) is 10.1 Å². The molecule has 2 rings (SSSR count). The van der Waals surface area contributed by atoms with Gasteiger partial charge in [0, 0.05) is 5.56 Å². The Balaban J connectivity index is 2.10. The van der Waals surface area contributed by atoms with Gasteiger partial charge in [-0.15, -0.1) is 0 Å². The molecule has 1 aromatic rings. The largest absolute Gasteiger partial charge is 0.441 e. The second kappa shape index (κ2) is 4.66. The molecule has 1 saturated heterocycles. The molecule has 3 heteroatoms. The number of carbonyl (C=O) groups is 1. The monoisotopic (exact) mass is 219 g/mol. The van der Waals surface area contributed by atoms with E-state index >= 15 is 0 Å². The maximum atomic E-state index is 11.7. The number of esters is 1. The van der Waals surface area contributed by atoms with Gasteiger partial charge in [0.05, 0.1) is 0 Å². The smallest absolute Gasteiger partial charge is 0.325 e. The van der Waals surface area contributed by atoms with E-state index in [0.717, 1.165) is 12.0 Å². The van der Waals surface area contributed by atoms with Gasteiger partial charge in [0.25, 0.3) is 0 Å². The Morgan fingerprint density at radius 3 is 2.69 bits per heavy atom. The van der Waals surface area contributed by atoms with Crippen molar-refractivity contribution in [3.05, 3.63) is 35.9 Å². The van der Waals surface area contributed by atoms with Gasteiger partial charge in [-0.1, -0.05) is 50.6 Å². The standard InChI is InChI=1S/C13H17NO2/c1-3-9(2)11-13(15)16-12(14-11)10-7-5-4-6-8-10/h4-9,11-12,14H,3H2,1-2H3/t9?,11-,12-/m1/s1. The predicted molar refractivity (Wildman–Crippen MR) is 61.7 cm³/mol. The predicted octanol–water partition coefficient (Wildman–Crippen LogP) is 2.25. The molecule has 0 aromatic heterocycles. The average Bonchev–Trinajstić information content (AvgIpc) is 2.71. The van der Waals surface area contributed by atoms with Crippen LogP contribution in [0.25, 0.3) is 0 Å². The van der Waals surface area contributed by atoms with Crippen LogP contribution in [0.2, 0.25) is 0 Å². The lowest BCUT2D eigenvalue weighted by atomic mass is 10.00. The van der Waals surface area contributed by atoms with Crippen molar-refractivity contribution < 1.29 is 9.53 Å². The molecule has 1 aromatic carbocycles. The fraction of sp³-hybridized carbons (Fsp3) is 0.462. The summed E-state index contributed by atoms with van der Waals surface area (Å²) in [6, 6.07) is 9.60. The van der Waals surface area contributed by atoms with Crippen molar-refractivity contribution in [2.75, 3.05) is 0 Å². The molecule has 86 valence electrons. The van der Waals surface area contributed by atoms with Gasteiger partial charge in [-0.05, 0) is 5.92 Å². The lowest BCUT2D eigenvalue weighted by Gasteiger charge is -2.14. The summed E-state index contributed by atoms with van der Waals surface area (Å²) >= 11 is 0. The van der Waals surface area contributed by atoms with Gasteiger partial charge >= 0.3 is 5.97 Å². The number of cyclic esters (lactones) is 1. The van der Waals surface area contributed by atoms with Crippen LogP contribution < -0.4 is 5.32 Å². The van der Waals surface area contributed by atoms with Crippen LogP contribution in [0.5, 0.6) is 0 Å². The molecular formula is C13H17NO2. The summed E-state index contributed by atoms with van der Waals surface area (Å²) in [5, 5.41) is 3.24. The van der Waals surface area contributed by atoms with Gasteiger partial charge in [-0.2, -0.15) is 0 Å². The molecule has 1 heterocycles. The second-order valence-corrected chi connectivity index (χ2v) is 4.26. The average molecular weight is 219 g/mol. The highest BCUT2D eigenvalue weighted by atomic mass is 16.6. The number of hydrogen-bond acceptors (Lipinski definition) is 3. The van der Waals surface area contributed by atoms with Gasteiger partial charge in [-0.25, -0.2) is 0 Å². The molecule has 1 aliphatic rings. The molecule has 1 N–H and O–H groups in total. The van der Waals surface area contributed by atoms with E-state index in [9.17, 15) is 4.79 Å². The third-order valence-electron chi connectivity index (χ3n) is 3.13. The third-order valence-corrected chi connectivity index (χ3v) is 3.13. The lowest BCUT2D eigenvalue weighted by Crippen LogP contribution is -2.34. The zero-order valence-corrected chi connectivity index (χ0v) is 9.64. The minimum atomic E-state index is -0.285. The van der Waals surface area contributed by atoms with E-state index in [1.165, 1.54) is 0 Å². The van der Waals surface area contributed by atoms with Gasteiger partial charge < -0.3 is 4.74 Å². The molecule has 0 radical (unpaired) electrons. The Labute approximate surface area is 95.8 Å². The lowest BCUT2D eigenvalue weighted by molar-refractivity contribution is -0.143. The molecular weight excluding hydrogens is 202 g/mol. The number of carbonyl (C=O) groups excluding carboxylic acids is 1. The quantitative estimate of drug-likeness (QED) is 0.792. The van der Waals surface area contributed by atoms with Crippen molar-refractivity contribution in [3.63, 3.8) is 0 Å². The first-order valence-electron chi connectivity index (χ1n) is 5.74. The van der Waals surface area contributed by atoms with Crippen LogP contribution >= 0.6 is 0 Å². The molecule has 0 amide bonds. The second-order valence-electron chi connectivity index (χ2n) is 4.26. The van der Waals surface area contributed by atoms with Crippen LogP contribution in [0.1, 0.15) is 32.1 Å². The van der Waals surface area contributed by atoms with Gasteiger partial charge in [0.2, 0.25) is 0 Å². The molecule has 0 spiro atoms. The Morgan fingerprint density at radius 2 is 2.06 bits per heavy atom. The van der Waals surface area contributed by atoms with Crippen LogP contribution in [0.15, 0.2) is 30.3 Å². The van der Waals surface area contributed by atoms with Crippen molar-refractivity contribution in [3.8, 4) is 0 Å². The summed E-state index contributed by atoms with van der Waals surface area (Å²) < 4.78 is 5.33. The first-order chi connectivity index (χ1) is 7.72. The summed E-state index contributed by atoms with van der Waals surface area (Å²) in [5.41, 5.74) is 1.00. The van der Waals surface area contributed by atoms with Gasteiger partial charge in [0.15, 0.2) is 6.23 Å². The van der Waals surface area contributed by atoms with E-state index in [0.29, 0.717) is 5.92 Å². The highest BCUT2D eigenvalue weighted by molar-refractivity contribution is 5.78. The van der Waals surface area contributed by atoms with E-state index in [1.54, 1.807) is 0 Å². The topological polar surface area (TPSA) is 38.3 Å². The highest BCUT2D eigenvalue weighted by Crippen LogP contribution is 2.25. The number of nitrogens with one attached hydrogen (secondary N) is 1. The third kappa shape index (κ3) is 2.09. The molecule has 1 fully saturated rings. The number of rotatable bonds is 3. The van der Waals surface area contributed by atoms with Crippen LogP contribution in [0.3, 0.4) is 0 Å². The number of benzene rings is 1. The summed E-state index contributed by atoms with van der Waals surface area (Å²) in [4.78, 5) is 11.7. The van der Waals surface area contributed by atoms with Crippen molar-refractivity contribution in [1.29, 1.82) is 0 Å². The molecule has 3 atom stereocenters. The Hall–Kier alpha value is -1.35. The van der Waals surface area contributed by atoms with E-state index in [-0.39, 0.29) is 18.2 Å². The maximum absolute atomic E-state index is 11.7. The fourth-order valence-corrected chi connectivity index (χ4v) is 1.88.